The summed E-state index contributed by atoms with van der Waals surface area (Å²) >= 11 is 0. The van der Waals surface area contributed by atoms with E-state index in [1.165, 1.54) is 20.7 Å². The fourth-order valence-electron chi connectivity index (χ4n) is 4.97. The van der Waals surface area contributed by atoms with Crippen LogP contribution in [0.15, 0.2) is 101 Å². The number of benzene rings is 3. The Bertz CT molecular complexity index is 1350. The average molecular weight is 557 g/mol. The van der Waals surface area contributed by atoms with Crippen molar-refractivity contribution >= 4 is 20.0 Å². The maximum Gasteiger partial charge on any atom is 0.243 e. The fourth-order valence-corrected chi connectivity index (χ4v) is 8.04. The lowest BCUT2D eigenvalue weighted by Crippen LogP contribution is -2.46. The van der Waals surface area contributed by atoms with Crippen LogP contribution < -0.4 is 0 Å². The maximum atomic E-state index is 13.6. The molecule has 0 spiro atoms. The molecule has 38 heavy (non-hydrogen) atoms. The highest BCUT2D eigenvalue weighted by Crippen LogP contribution is 2.28. The topological polar surface area (TPSA) is 95.0 Å². The molecule has 3 aromatic rings. The summed E-state index contributed by atoms with van der Waals surface area (Å²) in [4.78, 5) is 0.308. The average Bonchev–Trinajstić information content (AvgIpc) is 3.45. The number of aliphatic hydroxyl groups excluding tert-OH is 1. The predicted octanol–water partition coefficient (Wildman–Crippen LogP) is 4.16. The van der Waals surface area contributed by atoms with Gasteiger partial charge in [-0.1, -0.05) is 79.6 Å². The molecule has 7 nitrogen and oxygen atoms in total. The summed E-state index contributed by atoms with van der Waals surface area (Å²) in [6.45, 7) is 0.0749. The Morgan fingerprint density at radius 2 is 1.13 bits per heavy atom. The van der Waals surface area contributed by atoms with Crippen LogP contribution in [0, 0.1) is 5.92 Å². The first kappa shape index (κ1) is 28.4. The Kier molecular flexibility index (Phi) is 9.73. The lowest BCUT2D eigenvalue weighted by Gasteiger charge is -2.30. The van der Waals surface area contributed by atoms with Crippen molar-refractivity contribution < 1.29 is 21.9 Å². The molecule has 1 N–H and O–H groups in total. The number of aliphatic hydroxyl groups is 1. The second-order valence-corrected chi connectivity index (χ2v) is 13.7. The number of sulfonamides is 2. The van der Waals surface area contributed by atoms with Gasteiger partial charge in [-0.2, -0.15) is 8.61 Å². The standard InChI is InChI=1S/C29H36N2O5S2/c32-27(24-31(22-26-14-10-11-15-26)38(35,36)29-18-8-3-9-19-29)23-30(21-20-25-12-4-1-5-13-25)37(33,34)28-16-6-2-7-17-28/h1-9,12-13,16-19,26-27,32H,10-11,14-15,20-24H2. The molecular weight excluding hydrogens is 520 g/mol. The van der Waals surface area contributed by atoms with Gasteiger partial charge in [0.25, 0.3) is 0 Å². The van der Waals surface area contributed by atoms with Crippen molar-refractivity contribution in [2.75, 3.05) is 26.2 Å². The van der Waals surface area contributed by atoms with E-state index >= 15 is 0 Å². The number of rotatable bonds is 13. The number of nitrogens with zero attached hydrogens (tertiary/aromatic N) is 2. The zero-order valence-corrected chi connectivity index (χ0v) is 23.1. The van der Waals surface area contributed by atoms with Gasteiger partial charge >= 0.3 is 0 Å². The maximum absolute atomic E-state index is 13.6. The summed E-state index contributed by atoms with van der Waals surface area (Å²) in [6.07, 6.45) is 3.28. The van der Waals surface area contributed by atoms with E-state index in [1.807, 2.05) is 30.3 Å². The molecule has 1 atom stereocenters. The number of hydrogen-bond donors (Lipinski definition) is 1. The first-order valence-corrected chi connectivity index (χ1v) is 16.0. The third-order valence-electron chi connectivity index (χ3n) is 7.02. The minimum atomic E-state index is -3.91. The van der Waals surface area contributed by atoms with E-state index in [1.54, 1.807) is 48.5 Å². The van der Waals surface area contributed by atoms with Crippen molar-refractivity contribution in [2.24, 2.45) is 5.92 Å². The summed E-state index contributed by atoms with van der Waals surface area (Å²) in [5.41, 5.74) is 0.977. The second kappa shape index (κ2) is 13.0. The van der Waals surface area contributed by atoms with Crippen LogP contribution >= 0.6 is 0 Å². The van der Waals surface area contributed by atoms with Crippen LogP contribution in [0.25, 0.3) is 0 Å². The summed E-state index contributed by atoms with van der Waals surface area (Å²) in [5.74, 6) is 0.225. The molecule has 0 saturated heterocycles. The molecule has 1 unspecified atom stereocenters. The smallest absolute Gasteiger partial charge is 0.243 e. The molecule has 1 saturated carbocycles. The summed E-state index contributed by atoms with van der Waals surface area (Å²) in [5, 5.41) is 11.2. The molecule has 3 aromatic carbocycles. The van der Waals surface area contributed by atoms with Gasteiger partial charge in [0, 0.05) is 26.2 Å². The van der Waals surface area contributed by atoms with E-state index in [0.717, 1.165) is 31.2 Å². The molecule has 1 aliphatic carbocycles. The van der Waals surface area contributed by atoms with Crippen LogP contribution in [0.4, 0.5) is 0 Å². The van der Waals surface area contributed by atoms with Crippen LogP contribution in [0.5, 0.6) is 0 Å². The monoisotopic (exact) mass is 556 g/mol. The molecule has 9 heteroatoms. The molecule has 0 aromatic heterocycles. The quantitative estimate of drug-likeness (QED) is 0.341. The van der Waals surface area contributed by atoms with E-state index in [0.29, 0.717) is 13.0 Å². The lowest BCUT2D eigenvalue weighted by atomic mass is 10.1. The van der Waals surface area contributed by atoms with Crippen molar-refractivity contribution in [3.8, 4) is 0 Å². The van der Waals surface area contributed by atoms with Gasteiger partial charge in [-0.25, -0.2) is 16.8 Å². The zero-order chi connectivity index (χ0) is 27.0. The summed E-state index contributed by atoms with van der Waals surface area (Å²) in [6, 6.07) is 25.9. The SMILES string of the molecule is O=S(=O)(c1ccccc1)N(CCc1ccccc1)CC(O)CN(CC1CCCC1)S(=O)(=O)c1ccccc1. The molecule has 0 bridgehead atoms. The molecule has 0 radical (unpaired) electrons. The van der Waals surface area contributed by atoms with E-state index in [4.69, 9.17) is 0 Å². The Labute approximate surface area is 226 Å². The van der Waals surface area contributed by atoms with Crippen molar-refractivity contribution in [3.05, 3.63) is 96.6 Å². The van der Waals surface area contributed by atoms with Gasteiger partial charge in [-0.3, -0.25) is 0 Å². The van der Waals surface area contributed by atoms with Gasteiger partial charge in [0.15, 0.2) is 0 Å². The number of hydrogen-bond acceptors (Lipinski definition) is 5. The van der Waals surface area contributed by atoms with Crippen LogP contribution in [-0.2, 0) is 26.5 Å². The van der Waals surface area contributed by atoms with E-state index < -0.39 is 26.2 Å². The van der Waals surface area contributed by atoms with Gasteiger partial charge in [0.2, 0.25) is 20.0 Å². The highest BCUT2D eigenvalue weighted by Gasteiger charge is 2.32. The minimum absolute atomic E-state index is 0.139. The molecule has 1 aliphatic rings. The summed E-state index contributed by atoms with van der Waals surface area (Å²) < 4.78 is 56.8. The predicted molar refractivity (Wildman–Crippen MR) is 149 cm³/mol. The summed E-state index contributed by atoms with van der Waals surface area (Å²) in [7, 11) is -7.76. The third kappa shape index (κ3) is 7.30. The Morgan fingerprint density at radius 1 is 0.684 bits per heavy atom. The van der Waals surface area contributed by atoms with Crippen molar-refractivity contribution in [3.63, 3.8) is 0 Å². The molecule has 0 aliphatic heterocycles. The van der Waals surface area contributed by atoms with E-state index in [9.17, 15) is 21.9 Å². The molecule has 4 rings (SSSR count). The van der Waals surface area contributed by atoms with Crippen molar-refractivity contribution in [1.82, 2.24) is 8.61 Å². The van der Waals surface area contributed by atoms with Crippen molar-refractivity contribution in [1.29, 1.82) is 0 Å². The van der Waals surface area contributed by atoms with Crippen LogP contribution in [0.1, 0.15) is 31.2 Å². The van der Waals surface area contributed by atoms with Gasteiger partial charge in [-0.05, 0) is 55.0 Å². The van der Waals surface area contributed by atoms with E-state index in [2.05, 4.69) is 0 Å². The van der Waals surface area contributed by atoms with Gasteiger partial charge < -0.3 is 5.11 Å². The first-order valence-electron chi connectivity index (χ1n) is 13.1. The molecule has 0 heterocycles. The molecule has 204 valence electrons. The Balaban J connectivity index is 1.56. The Morgan fingerprint density at radius 3 is 1.66 bits per heavy atom. The normalized spacial score (nSPS) is 15.8. The van der Waals surface area contributed by atoms with Crippen LogP contribution in [0.2, 0.25) is 0 Å². The van der Waals surface area contributed by atoms with Crippen LogP contribution in [0.3, 0.4) is 0 Å². The van der Waals surface area contributed by atoms with Gasteiger partial charge in [0.05, 0.1) is 15.9 Å². The fraction of sp³-hybridized carbons (Fsp3) is 0.379. The molecule has 1 fully saturated rings. The van der Waals surface area contributed by atoms with Gasteiger partial charge in [-0.15, -0.1) is 0 Å². The highest BCUT2D eigenvalue weighted by atomic mass is 32.2. The lowest BCUT2D eigenvalue weighted by molar-refractivity contribution is 0.118. The minimum Gasteiger partial charge on any atom is -0.390 e. The van der Waals surface area contributed by atoms with E-state index in [-0.39, 0.29) is 35.3 Å². The first-order chi connectivity index (χ1) is 18.3. The van der Waals surface area contributed by atoms with Crippen LogP contribution in [-0.4, -0.2) is 62.8 Å². The zero-order valence-electron chi connectivity index (χ0n) is 21.5. The largest absolute Gasteiger partial charge is 0.390 e. The molecular formula is C29H36N2O5S2. The third-order valence-corrected chi connectivity index (χ3v) is 10.7. The second-order valence-electron chi connectivity index (χ2n) is 9.85. The Hall–Kier alpha value is -2.56. The van der Waals surface area contributed by atoms with Gasteiger partial charge in [0.1, 0.15) is 0 Å². The molecule has 0 amide bonds. The highest BCUT2D eigenvalue weighted by molar-refractivity contribution is 7.89. The van der Waals surface area contributed by atoms with Crippen molar-refractivity contribution in [2.45, 2.75) is 48.0 Å².